The van der Waals surface area contributed by atoms with Crippen LogP contribution in [-0.4, -0.2) is 18.1 Å². The van der Waals surface area contributed by atoms with Crippen molar-refractivity contribution in [2.75, 3.05) is 7.05 Å². The molecule has 4 bridgehead atoms. The number of hydrazine groups is 1. The summed E-state index contributed by atoms with van der Waals surface area (Å²) in [5.41, 5.74) is 0.582. The fourth-order valence-electron chi connectivity index (χ4n) is 5.12. The van der Waals surface area contributed by atoms with E-state index in [1.54, 1.807) is 0 Å². The first-order chi connectivity index (χ1) is 7.09. The molecule has 4 rings (SSSR count). The van der Waals surface area contributed by atoms with Gasteiger partial charge in [0.25, 0.3) is 0 Å². The number of hydrogen-bond donors (Lipinski definition) is 1. The Morgan fingerprint density at radius 3 is 1.80 bits per heavy atom. The number of rotatable bonds is 2. The Hall–Kier alpha value is -0.0800. The van der Waals surface area contributed by atoms with Gasteiger partial charge < -0.3 is 0 Å². The van der Waals surface area contributed by atoms with E-state index in [2.05, 4.69) is 6.92 Å². The highest BCUT2D eigenvalue weighted by molar-refractivity contribution is 5.04. The highest BCUT2D eigenvalue weighted by Gasteiger charge is 2.53. The zero-order valence-electron chi connectivity index (χ0n) is 10.1. The molecule has 15 heavy (non-hydrogen) atoms. The van der Waals surface area contributed by atoms with Crippen LogP contribution in [-0.2, 0) is 0 Å². The minimum Gasteiger partial charge on any atom is -0.269 e. The number of nitrogens with zero attached hydrogens (tertiary/aromatic N) is 1. The van der Waals surface area contributed by atoms with Gasteiger partial charge in [0.2, 0.25) is 0 Å². The fraction of sp³-hybridized carbons (Fsp3) is 1.00. The lowest BCUT2D eigenvalue weighted by molar-refractivity contribution is -0.0928. The molecule has 4 fully saturated rings. The lowest BCUT2D eigenvalue weighted by Gasteiger charge is -2.59. The van der Waals surface area contributed by atoms with Gasteiger partial charge in [0.1, 0.15) is 0 Å². The average Bonchev–Trinajstić information content (AvgIpc) is 2.14. The molecule has 0 aromatic rings. The van der Waals surface area contributed by atoms with E-state index in [-0.39, 0.29) is 0 Å². The molecule has 0 saturated heterocycles. The molecule has 0 aromatic carbocycles. The summed E-state index contributed by atoms with van der Waals surface area (Å²) >= 11 is 0. The zero-order chi connectivity index (χ0) is 10.6. The van der Waals surface area contributed by atoms with Crippen LogP contribution in [0.25, 0.3) is 0 Å². The Morgan fingerprint density at radius 2 is 1.47 bits per heavy atom. The summed E-state index contributed by atoms with van der Waals surface area (Å²) in [7, 11) is 2.04. The number of hydrogen-bond acceptors (Lipinski definition) is 2. The van der Waals surface area contributed by atoms with Gasteiger partial charge in [-0.25, -0.2) is 5.01 Å². The summed E-state index contributed by atoms with van der Waals surface area (Å²) in [6.45, 7) is 2.34. The van der Waals surface area contributed by atoms with Crippen LogP contribution >= 0.6 is 0 Å². The third kappa shape index (κ3) is 1.45. The van der Waals surface area contributed by atoms with Crippen LogP contribution < -0.4 is 5.84 Å². The molecule has 1 unspecified atom stereocenters. The van der Waals surface area contributed by atoms with Gasteiger partial charge in [0.15, 0.2) is 0 Å². The topological polar surface area (TPSA) is 29.3 Å². The molecule has 1 atom stereocenters. The average molecular weight is 208 g/mol. The van der Waals surface area contributed by atoms with Crippen molar-refractivity contribution in [1.82, 2.24) is 5.01 Å². The highest BCUT2D eigenvalue weighted by Crippen LogP contribution is 2.61. The van der Waals surface area contributed by atoms with Crippen LogP contribution in [0.5, 0.6) is 0 Å². The molecule has 4 aliphatic rings. The van der Waals surface area contributed by atoms with Crippen molar-refractivity contribution in [3.63, 3.8) is 0 Å². The van der Waals surface area contributed by atoms with Crippen LogP contribution in [0.2, 0.25) is 0 Å². The maximum atomic E-state index is 5.99. The summed E-state index contributed by atoms with van der Waals surface area (Å²) < 4.78 is 0. The van der Waals surface area contributed by atoms with E-state index in [1.807, 2.05) is 12.1 Å². The summed E-state index contributed by atoms with van der Waals surface area (Å²) in [6.07, 6.45) is 8.96. The van der Waals surface area contributed by atoms with E-state index in [0.29, 0.717) is 11.5 Å². The first kappa shape index (κ1) is 10.1. The highest BCUT2D eigenvalue weighted by atomic mass is 15.4. The molecule has 86 valence electrons. The molecular formula is C13H24N2. The second kappa shape index (κ2) is 3.21. The molecule has 2 N–H and O–H groups in total. The minimum absolute atomic E-state index is 0.575. The maximum Gasteiger partial charge on any atom is 0.0266 e. The van der Waals surface area contributed by atoms with Crippen molar-refractivity contribution < 1.29 is 0 Å². The SMILES string of the molecule is CC(N(C)N)C12CC3CC(CC(C3)C1)C2. The van der Waals surface area contributed by atoms with Crippen molar-refractivity contribution >= 4 is 0 Å². The first-order valence-electron chi connectivity index (χ1n) is 6.56. The molecule has 0 radical (unpaired) electrons. The lowest BCUT2D eigenvalue weighted by Crippen LogP contribution is -2.56. The Labute approximate surface area is 93.2 Å². The Balaban J connectivity index is 1.86. The van der Waals surface area contributed by atoms with E-state index in [0.717, 1.165) is 17.8 Å². The minimum atomic E-state index is 0.575. The fourth-order valence-corrected chi connectivity index (χ4v) is 5.12. The van der Waals surface area contributed by atoms with Crippen molar-refractivity contribution in [2.45, 2.75) is 51.5 Å². The monoisotopic (exact) mass is 208 g/mol. The van der Waals surface area contributed by atoms with E-state index in [1.165, 1.54) is 38.5 Å². The van der Waals surface area contributed by atoms with Crippen molar-refractivity contribution in [1.29, 1.82) is 0 Å². The number of nitrogens with two attached hydrogens (primary N) is 1. The first-order valence-corrected chi connectivity index (χ1v) is 6.56. The molecule has 0 heterocycles. The maximum absolute atomic E-state index is 5.99. The largest absolute Gasteiger partial charge is 0.269 e. The molecule has 0 spiro atoms. The van der Waals surface area contributed by atoms with Crippen LogP contribution in [0, 0.1) is 23.2 Å². The predicted octanol–water partition coefficient (Wildman–Crippen LogP) is 2.40. The molecule has 0 amide bonds. The van der Waals surface area contributed by atoms with Gasteiger partial charge in [-0.3, -0.25) is 5.84 Å². The summed E-state index contributed by atoms with van der Waals surface area (Å²) in [5, 5.41) is 1.97. The molecular weight excluding hydrogens is 184 g/mol. The van der Waals surface area contributed by atoms with Crippen molar-refractivity contribution in [3.05, 3.63) is 0 Å². The normalized spacial score (nSPS) is 50.0. The molecule has 4 saturated carbocycles. The summed E-state index contributed by atoms with van der Waals surface area (Å²) in [5.74, 6) is 9.11. The summed E-state index contributed by atoms with van der Waals surface area (Å²) in [6, 6.07) is 0.575. The standard InChI is InChI=1S/C13H24N2/c1-9(15(2)14)13-6-10-3-11(7-13)5-12(4-10)8-13/h9-12H,3-8,14H2,1-2H3. The Kier molecular flexibility index (Phi) is 2.16. The molecule has 2 heteroatoms. The molecule has 0 aliphatic heterocycles. The Morgan fingerprint density at radius 1 is 1.07 bits per heavy atom. The third-order valence-corrected chi connectivity index (χ3v) is 5.58. The van der Waals surface area contributed by atoms with Crippen molar-refractivity contribution in [3.8, 4) is 0 Å². The third-order valence-electron chi connectivity index (χ3n) is 5.58. The van der Waals surface area contributed by atoms with Gasteiger partial charge >= 0.3 is 0 Å². The van der Waals surface area contributed by atoms with E-state index in [4.69, 9.17) is 5.84 Å². The van der Waals surface area contributed by atoms with Gasteiger partial charge in [-0.2, -0.15) is 0 Å². The zero-order valence-corrected chi connectivity index (χ0v) is 10.1. The van der Waals surface area contributed by atoms with Gasteiger partial charge in [-0.1, -0.05) is 0 Å². The van der Waals surface area contributed by atoms with Gasteiger partial charge in [-0.15, -0.1) is 0 Å². The van der Waals surface area contributed by atoms with E-state index in [9.17, 15) is 0 Å². The molecule has 2 nitrogen and oxygen atoms in total. The van der Waals surface area contributed by atoms with Crippen LogP contribution in [0.1, 0.15) is 45.4 Å². The molecule has 0 aromatic heterocycles. The predicted molar refractivity (Wildman–Crippen MR) is 62.0 cm³/mol. The van der Waals surface area contributed by atoms with Crippen LogP contribution in [0.4, 0.5) is 0 Å². The smallest absolute Gasteiger partial charge is 0.0266 e. The van der Waals surface area contributed by atoms with Crippen LogP contribution in [0.15, 0.2) is 0 Å². The van der Waals surface area contributed by atoms with E-state index >= 15 is 0 Å². The second-order valence-electron chi connectivity index (χ2n) is 6.62. The van der Waals surface area contributed by atoms with Gasteiger partial charge in [-0.05, 0) is 68.6 Å². The summed E-state index contributed by atoms with van der Waals surface area (Å²) in [4.78, 5) is 0. The van der Waals surface area contributed by atoms with E-state index < -0.39 is 0 Å². The van der Waals surface area contributed by atoms with Gasteiger partial charge in [0, 0.05) is 13.1 Å². The quantitative estimate of drug-likeness (QED) is 0.558. The Bertz CT molecular complexity index is 224. The second-order valence-corrected chi connectivity index (χ2v) is 6.62. The lowest BCUT2D eigenvalue weighted by atomic mass is 9.48. The van der Waals surface area contributed by atoms with Crippen molar-refractivity contribution in [2.24, 2.45) is 29.0 Å². The molecule has 4 aliphatic carbocycles. The van der Waals surface area contributed by atoms with Gasteiger partial charge in [0.05, 0.1) is 0 Å². The van der Waals surface area contributed by atoms with Crippen LogP contribution in [0.3, 0.4) is 0 Å².